The smallest absolute Gasteiger partial charge is 0.277 e. The molecule has 28 heavy (non-hydrogen) atoms. The number of rotatable bonds is 6. The van der Waals surface area contributed by atoms with Gasteiger partial charge in [0, 0.05) is 24.9 Å². The summed E-state index contributed by atoms with van der Waals surface area (Å²) < 4.78 is 7.93. The highest BCUT2D eigenvalue weighted by Crippen LogP contribution is 2.31. The fourth-order valence-corrected chi connectivity index (χ4v) is 3.02. The molecule has 0 saturated heterocycles. The predicted octanol–water partition coefficient (Wildman–Crippen LogP) is 4.93. The van der Waals surface area contributed by atoms with Crippen molar-refractivity contribution in [2.75, 3.05) is 5.32 Å². The number of aromatic nitrogens is 2. The Hall–Kier alpha value is -3.20. The van der Waals surface area contributed by atoms with Crippen LogP contribution in [0.4, 0.5) is 11.4 Å². The number of aryl methyl sites for hydroxylation is 2. The monoisotopic (exact) mass is 444 g/mol. The first-order valence-electron chi connectivity index (χ1n) is 8.44. The number of para-hydroxylation sites is 1. The van der Waals surface area contributed by atoms with E-state index in [4.69, 9.17) is 4.74 Å². The molecule has 1 heterocycles. The van der Waals surface area contributed by atoms with Gasteiger partial charge in [-0.05, 0) is 41.4 Å². The molecule has 1 amide bonds. The molecular formula is C19H17BrN4O4. The Labute approximate surface area is 169 Å². The van der Waals surface area contributed by atoms with E-state index in [9.17, 15) is 14.9 Å². The van der Waals surface area contributed by atoms with E-state index in [-0.39, 0.29) is 22.8 Å². The maximum Gasteiger partial charge on any atom is 0.277 e. The maximum absolute atomic E-state index is 12.5. The second-order valence-corrected chi connectivity index (χ2v) is 6.83. The van der Waals surface area contributed by atoms with Gasteiger partial charge in [-0.25, -0.2) is 0 Å². The highest BCUT2D eigenvalue weighted by molar-refractivity contribution is 9.10. The highest BCUT2D eigenvalue weighted by atomic mass is 79.9. The van der Waals surface area contributed by atoms with Crippen LogP contribution >= 0.6 is 15.9 Å². The standard InChI is InChI=1S/C19H17BrN4O4/c1-3-23-11-16(20)18(22-23)19(25)21-13-8-14(24(26)27)10-15(9-13)28-17-7-5-4-6-12(17)2/h4-11H,3H2,1-2H3,(H,21,25). The third-order valence-corrected chi connectivity index (χ3v) is 4.52. The van der Waals surface area contributed by atoms with Crippen LogP contribution in [0, 0.1) is 17.0 Å². The molecule has 0 unspecified atom stereocenters. The van der Waals surface area contributed by atoms with Gasteiger partial charge in [-0.2, -0.15) is 5.10 Å². The van der Waals surface area contributed by atoms with Gasteiger partial charge in [0.25, 0.3) is 11.6 Å². The zero-order valence-electron chi connectivity index (χ0n) is 15.2. The van der Waals surface area contributed by atoms with Crippen molar-refractivity contribution in [1.29, 1.82) is 0 Å². The van der Waals surface area contributed by atoms with Crippen LogP contribution in [-0.4, -0.2) is 20.6 Å². The van der Waals surface area contributed by atoms with Gasteiger partial charge in [0.2, 0.25) is 0 Å². The van der Waals surface area contributed by atoms with Crippen LogP contribution in [0.2, 0.25) is 0 Å². The Kier molecular flexibility index (Phi) is 5.74. The number of nitro benzene ring substituents is 1. The van der Waals surface area contributed by atoms with Crippen molar-refractivity contribution in [1.82, 2.24) is 9.78 Å². The average Bonchev–Trinajstić information content (AvgIpc) is 3.04. The first-order chi connectivity index (χ1) is 13.4. The number of carbonyl (C=O) groups is 1. The lowest BCUT2D eigenvalue weighted by Crippen LogP contribution is -2.14. The number of nitro groups is 1. The van der Waals surface area contributed by atoms with Gasteiger partial charge < -0.3 is 10.1 Å². The van der Waals surface area contributed by atoms with E-state index < -0.39 is 10.8 Å². The zero-order valence-corrected chi connectivity index (χ0v) is 16.8. The molecule has 0 spiro atoms. The summed E-state index contributed by atoms with van der Waals surface area (Å²) in [6.07, 6.45) is 1.69. The Morgan fingerprint density at radius 1 is 1.32 bits per heavy atom. The molecule has 1 N–H and O–H groups in total. The molecule has 0 fully saturated rings. The summed E-state index contributed by atoms with van der Waals surface area (Å²) in [4.78, 5) is 23.3. The number of hydrogen-bond acceptors (Lipinski definition) is 5. The zero-order chi connectivity index (χ0) is 20.3. The van der Waals surface area contributed by atoms with Gasteiger partial charge >= 0.3 is 0 Å². The molecule has 1 aromatic heterocycles. The van der Waals surface area contributed by atoms with E-state index >= 15 is 0 Å². The largest absolute Gasteiger partial charge is 0.457 e. The molecule has 0 aliphatic carbocycles. The minimum atomic E-state index is -0.540. The number of benzene rings is 2. The van der Waals surface area contributed by atoms with Crippen molar-refractivity contribution >= 4 is 33.2 Å². The van der Waals surface area contributed by atoms with Crippen molar-refractivity contribution in [2.45, 2.75) is 20.4 Å². The Balaban J connectivity index is 1.90. The van der Waals surface area contributed by atoms with Crippen LogP contribution in [-0.2, 0) is 6.54 Å². The lowest BCUT2D eigenvalue weighted by atomic mass is 10.2. The minimum Gasteiger partial charge on any atom is -0.457 e. The quantitative estimate of drug-likeness (QED) is 0.429. The number of ether oxygens (including phenoxy) is 1. The number of amides is 1. The lowest BCUT2D eigenvalue weighted by Gasteiger charge is -2.10. The van der Waals surface area contributed by atoms with Crippen LogP contribution in [0.25, 0.3) is 0 Å². The molecule has 0 radical (unpaired) electrons. The SMILES string of the molecule is CCn1cc(Br)c(C(=O)Nc2cc(Oc3ccccc3C)cc([N+](=O)[O-])c2)n1. The summed E-state index contributed by atoms with van der Waals surface area (Å²) in [5, 5.41) is 18.1. The normalized spacial score (nSPS) is 10.5. The molecular weight excluding hydrogens is 428 g/mol. The van der Waals surface area contributed by atoms with Crippen LogP contribution in [0.1, 0.15) is 23.0 Å². The molecule has 3 rings (SSSR count). The molecule has 144 valence electrons. The number of non-ortho nitro benzene ring substituents is 1. The fraction of sp³-hybridized carbons (Fsp3) is 0.158. The van der Waals surface area contributed by atoms with E-state index in [0.717, 1.165) is 5.56 Å². The molecule has 8 nitrogen and oxygen atoms in total. The summed E-state index contributed by atoms with van der Waals surface area (Å²) >= 11 is 3.30. The van der Waals surface area contributed by atoms with Gasteiger partial charge in [0.1, 0.15) is 11.5 Å². The van der Waals surface area contributed by atoms with E-state index in [1.165, 1.54) is 18.2 Å². The number of hydrogen-bond donors (Lipinski definition) is 1. The number of nitrogens with one attached hydrogen (secondary N) is 1. The summed E-state index contributed by atoms with van der Waals surface area (Å²) in [5.41, 5.74) is 1.11. The first-order valence-corrected chi connectivity index (χ1v) is 9.24. The van der Waals surface area contributed by atoms with Crippen molar-refractivity contribution in [2.24, 2.45) is 0 Å². The molecule has 3 aromatic rings. The lowest BCUT2D eigenvalue weighted by molar-refractivity contribution is -0.384. The van der Waals surface area contributed by atoms with Crippen LogP contribution in [0.15, 0.2) is 53.1 Å². The Morgan fingerprint density at radius 3 is 2.71 bits per heavy atom. The second kappa shape index (κ2) is 8.22. The van der Waals surface area contributed by atoms with E-state index in [2.05, 4.69) is 26.3 Å². The molecule has 0 aliphatic rings. The van der Waals surface area contributed by atoms with Gasteiger partial charge in [-0.15, -0.1) is 0 Å². The van der Waals surface area contributed by atoms with Crippen molar-refractivity contribution < 1.29 is 14.5 Å². The number of halogens is 1. The predicted molar refractivity (Wildman–Crippen MR) is 108 cm³/mol. The second-order valence-electron chi connectivity index (χ2n) is 5.98. The Bertz CT molecular complexity index is 1050. The summed E-state index contributed by atoms with van der Waals surface area (Å²) in [6.45, 7) is 4.38. The van der Waals surface area contributed by atoms with E-state index in [1.807, 2.05) is 32.0 Å². The topological polar surface area (TPSA) is 99.3 Å². The molecule has 0 saturated carbocycles. The molecule has 0 aliphatic heterocycles. The first kappa shape index (κ1) is 19.6. The van der Waals surface area contributed by atoms with Crippen LogP contribution in [0.5, 0.6) is 11.5 Å². The number of anilines is 1. The molecule has 0 bridgehead atoms. The third kappa shape index (κ3) is 4.37. The van der Waals surface area contributed by atoms with E-state index in [0.29, 0.717) is 16.8 Å². The number of carbonyl (C=O) groups excluding carboxylic acids is 1. The average molecular weight is 445 g/mol. The van der Waals surface area contributed by atoms with Crippen molar-refractivity contribution in [3.05, 3.63) is 74.5 Å². The molecule has 9 heteroatoms. The Morgan fingerprint density at radius 2 is 2.07 bits per heavy atom. The minimum absolute atomic E-state index is 0.190. The van der Waals surface area contributed by atoms with Gasteiger partial charge in [-0.1, -0.05) is 18.2 Å². The van der Waals surface area contributed by atoms with Crippen LogP contribution < -0.4 is 10.1 Å². The highest BCUT2D eigenvalue weighted by Gasteiger charge is 2.18. The fourth-order valence-electron chi connectivity index (χ4n) is 2.52. The van der Waals surface area contributed by atoms with Crippen molar-refractivity contribution in [3.63, 3.8) is 0 Å². The maximum atomic E-state index is 12.5. The van der Waals surface area contributed by atoms with Gasteiger partial charge in [0.05, 0.1) is 21.1 Å². The molecule has 0 atom stereocenters. The summed E-state index contributed by atoms with van der Waals surface area (Å²) in [5.74, 6) is 0.336. The van der Waals surface area contributed by atoms with Gasteiger partial charge in [0.15, 0.2) is 5.69 Å². The number of nitrogens with zero attached hydrogens (tertiary/aromatic N) is 3. The van der Waals surface area contributed by atoms with E-state index in [1.54, 1.807) is 16.9 Å². The summed E-state index contributed by atoms with van der Waals surface area (Å²) in [6, 6.07) is 11.4. The third-order valence-electron chi connectivity index (χ3n) is 3.94. The molecule has 2 aromatic carbocycles. The van der Waals surface area contributed by atoms with Crippen molar-refractivity contribution in [3.8, 4) is 11.5 Å². The van der Waals surface area contributed by atoms with Crippen LogP contribution in [0.3, 0.4) is 0 Å². The van der Waals surface area contributed by atoms with Gasteiger partial charge in [-0.3, -0.25) is 19.6 Å². The summed E-state index contributed by atoms with van der Waals surface area (Å²) in [7, 11) is 0.